The van der Waals surface area contributed by atoms with Crippen LogP contribution in [0.4, 0.5) is 0 Å². The molecule has 2 N–H and O–H groups in total. The fourth-order valence-electron chi connectivity index (χ4n) is 1.99. The second-order valence-electron chi connectivity index (χ2n) is 4.24. The van der Waals surface area contributed by atoms with E-state index in [9.17, 15) is 0 Å². The van der Waals surface area contributed by atoms with E-state index in [0.29, 0.717) is 0 Å². The summed E-state index contributed by atoms with van der Waals surface area (Å²) in [7, 11) is 3.31. The van der Waals surface area contributed by atoms with Gasteiger partial charge in [-0.3, -0.25) is 0 Å². The predicted octanol–water partition coefficient (Wildman–Crippen LogP) is 3.38. The third-order valence-electron chi connectivity index (χ3n) is 3.11. The number of hydrogen-bond donors (Lipinski definition) is 1. The molecule has 19 heavy (non-hydrogen) atoms. The Bertz CT molecular complexity index is 551. The standard InChI is InChI=1S/C15H19NO2S/c1-4-11-6-8-14(19-11)15(16)12-9-10(17-2)5-7-13(12)18-3/h5-9,15H,4,16H2,1-3H3. The average molecular weight is 277 g/mol. The van der Waals surface area contributed by atoms with Crippen LogP contribution in [0.25, 0.3) is 0 Å². The molecule has 0 aliphatic rings. The molecule has 4 heteroatoms. The fourth-order valence-corrected chi connectivity index (χ4v) is 2.96. The summed E-state index contributed by atoms with van der Waals surface area (Å²) in [5.41, 5.74) is 7.31. The molecule has 0 aliphatic heterocycles. The quantitative estimate of drug-likeness (QED) is 0.911. The first-order valence-corrected chi connectivity index (χ1v) is 7.07. The van der Waals surface area contributed by atoms with Gasteiger partial charge in [-0.1, -0.05) is 6.92 Å². The SMILES string of the molecule is CCc1ccc(C(N)c2cc(OC)ccc2OC)s1. The minimum atomic E-state index is -0.185. The van der Waals surface area contributed by atoms with Crippen LogP contribution in [0.5, 0.6) is 11.5 Å². The lowest BCUT2D eigenvalue weighted by molar-refractivity contribution is 0.397. The van der Waals surface area contributed by atoms with E-state index in [-0.39, 0.29) is 6.04 Å². The maximum Gasteiger partial charge on any atom is 0.124 e. The predicted molar refractivity (Wildman–Crippen MR) is 79.3 cm³/mol. The zero-order valence-electron chi connectivity index (χ0n) is 11.5. The van der Waals surface area contributed by atoms with E-state index in [4.69, 9.17) is 15.2 Å². The second kappa shape index (κ2) is 6.08. The highest BCUT2D eigenvalue weighted by Crippen LogP contribution is 2.34. The fraction of sp³-hybridized carbons (Fsp3) is 0.333. The van der Waals surface area contributed by atoms with Gasteiger partial charge in [-0.25, -0.2) is 0 Å². The van der Waals surface area contributed by atoms with E-state index < -0.39 is 0 Å². The summed E-state index contributed by atoms with van der Waals surface area (Å²) in [5, 5.41) is 0. The molecule has 1 unspecified atom stereocenters. The van der Waals surface area contributed by atoms with Crippen molar-refractivity contribution < 1.29 is 9.47 Å². The van der Waals surface area contributed by atoms with E-state index in [1.54, 1.807) is 25.6 Å². The molecule has 0 radical (unpaired) electrons. The van der Waals surface area contributed by atoms with Crippen LogP contribution in [0.3, 0.4) is 0 Å². The molecule has 3 nitrogen and oxygen atoms in total. The Morgan fingerprint density at radius 3 is 2.53 bits per heavy atom. The molecule has 0 aliphatic carbocycles. The van der Waals surface area contributed by atoms with E-state index in [1.807, 2.05) is 18.2 Å². The topological polar surface area (TPSA) is 44.5 Å². The summed E-state index contributed by atoms with van der Waals surface area (Å²) >= 11 is 1.75. The number of hydrogen-bond acceptors (Lipinski definition) is 4. The second-order valence-corrected chi connectivity index (χ2v) is 5.44. The largest absolute Gasteiger partial charge is 0.497 e. The molecule has 1 heterocycles. The summed E-state index contributed by atoms with van der Waals surface area (Å²) in [5.74, 6) is 1.58. The molecular weight excluding hydrogens is 258 g/mol. The van der Waals surface area contributed by atoms with Gasteiger partial charge in [0.2, 0.25) is 0 Å². The number of methoxy groups -OCH3 is 2. The average Bonchev–Trinajstić information content (AvgIpc) is 2.94. The Labute approximate surface area is 118 Å². The number of thiophene rings is 1. The lowest BCUT2D eigenvalue weighted by Gasteiger charge is -2.15. The highest BCUT2D eigenvalue weighted by molar-refractivity contribution is 7.12. The summed E-state index contributed by atoms with van der Waals surface area (Å²) in [6.07, 6.45) is 1.03. The van der Waals surface area contributed by atoms with Crippen molar-refractivity contribution in [1.29, 1.82) is 0 Å². The first kappa shape index (κ1) is 13.9. The minimum absolute atomic E-state index is 0.185. The van der Waals surface area contributed by atoms with Gasteiger partial charge in [0.05, 0.1) is 20.3 Å². The summed E-state index contributed by atoms with van der Waals surface area (Å²) < 4.78 is 10.6. The molecule has 2 aromatic rings. The first-order chi connectivity index (χ1) is 9.19. The van der Waals surface area contributed by atoms with Crippen LogP contribution in [0.1, 0.15) is 28.3 Å². The highest BCUT2D eigenvalue weighted by atomic mass is 32.1. The van der Waals surface area contributed by atoms with Crippen LogP contribution in [0.15, 0.2) is 30.3 Å². The number of nitrogens with two attached hydrogens (primary N) is 1. The van der Waals surface area contributed by atoms with Crippen molar-refractivity contribution in [3.63, 3.8) is 0 Å². The van der Waals surface area contributed by atoms with E-state index in [2.05, 4.69) is 19.1 Å². The Hall–Kier alpha value is -1.52. The van der Waals surface area contributed by atoms with Crippen molar-refractivity contribution in [2.45, 2.75) is 19.4 Å². The van der Waals surface area contributed by atoms with Crippen molar-refractivity contribution in [2.24, 2.45) is 5.73 Å². The van der Waals surface area contributed by atoms with Gasteiger partial charge < -0.3 is 15.2 Å². The van der Waals surface area contributed by atoms with Crippen LogP contribution < -0.4 is 15.2 Å². The minimum Gasteiger partial charge on any atom is -0.497 e. The molecule has 1 aromatic heterocycles. The van der Waals surface area contributed by atoms with Crippen LogP contribution in [0, 0.1) is 0 Å². The Morgan fingerprint density at radius 2 is 1.95 bits per heavy atom. The molecular formula is C15H19NO2S. The van der Waals surface area contributed by atoms with Gasteiger partial charge in [0, 0.05) is 15.3 Å². The summed E-state index contributed by atoms with van der Waals surface area (Å²) in [4.78, 5) is 2.48. The summed E-state index contributed by atoms with van der Waals surface area (Å²) in [6, 6.07) is 9.74. The molecule has 0 fully saturated rings. The molecule has 1 atom stereocenters. The molecule has 0 amide bonds. The van der Waals surface area contributed by atoms with E-state index in [0.717, 1.165) is 28.4 Å². The van der Waals surface area contributed by atoms with Gasteiger partial charge in [0.25, 0.3) is 0 Å². The maximum atomic E-state index is 6.36. The lowest BCUT2D eigenvalue weighted by atomic mass is 10.0. The van der Waals surface area contributed by atoms with Crippen LogP contribution in [-0.2, 0) is 6.42 Å². The van der Waals surface area contributed by atoms with Crippen LogP contribution in [0.2, 0.25) is 0 Å². The van der Waals surface area contributed by atoms with Crippen molar-refractivity contribution in [2.75, 3.05) is 14.2 Å². The van der Waals surface area contributed by atoms with Gasteiger partial charge in [-0.05, 0) is 36.8 Å². The number of benzene rings is 1. The molecule has 1 aromatic carbocycles. The zero-order valence-corrected chi connectivity index (χ0v) is 12.3. The van der Waals surface area contributed by atoms with Crippen LogP contribution >= 0.6 is 11.3 Å². The van der Waals surface area contributed by atoms with E-state index >= 15 is 0 Å². The van der Waals surface area contributed by atoms with E-state index in [1.165, 1.54) is 4.88 Å². The number of rotatable bonds is 5. The monoisotopic (exact) mass is 277 g/mol. The third kappa shape index (κ3) is 2.91. The van der Waals surface area contributed by atoms with Crippen LogP contribution in [-0.4, -0.2) is 14.2 Å². The number of aryl methyl sites for hydroxylation is 1. The van der Waals surface area contributed by atoms with Crippen molar-refractivity contribution in [3.8, 4) is 11.5 Å². The molecule has 2 rings (SSSR count). The Morgan fingerprint density at radius 1 is 1.16 bits per heavy atom. The first-order valence-electron chi connectivity index (χ1n) is 6.25. The molecule has 0 bridgehead atoms. The number of ether oxygens (including phenoxy) is 2. The Balaban J connectivity index is 2.38. The molecule has 0 spiro atoms. The maximum absolute atomic E-state index is 6.36. The smallest absolute Gasteiger partial charge is 0.124 e. The normalized spacial score (nSPS) is 12.2. The lowest BCUT2D eigenvalue weighted by Crippen LogP contribution is -2.11. The molecule has 0 saturated heterocycles. The van der Waals surface area contributed by atoms with Gasteiger partial charge in [0.1, 0.15) is 11.5 Å². The van der Waals surface area contributed by atoms with Gasteiger partial charge in [-0.15, -0.1) is 11.3 Å². The molecule has 102 valence electrons. The van der Waals surface area contributed by atoms with Gasteiger partial charge in [-0.2, -0.15) is 0 Å². The Kier molecular flexibility index (Phi) is 4.45. The third-order valence-corrected chi connectivity index (χ3v) is 4.42. The van der Waals surface area contributed by atoms with Gasteiger partial charge in [0.15, 0.2) is 0 Å². The van der Waals surface area contributed by atoms with Crippen molar-refractivity contribution >= 4 is 11.3 Å². The highest BCUT2D eigenvalue weighted by Gasteiger charge is 2.16. The summed E-state index contributed by atoms with van der Waals surface area (Å²) in [6.45, 7) is 2.15. The molecule has 0 saturated carbocycles. The zero-order chi connectivity index (χ0) is 13.8. The van der Waals surface area contributed by atoms with Crippen molar-refractivity contribution in [1.82, 2.24) is 0 Å². The van der Waals surface area contributed by atoms with Gasteiger partial charge >= 0.3 is 0 Å². The van der Waals surface area contributed by atoms with Crippen molar-refractivity contribution in [3.05, 3.63) is 45.6 Å².